The summed E-state index contributed by atoms with van der Waals surface area (Å²) >= 11 is 0. The van der Waals surface area contributed by atoms with Gasteiger partial charge < -0.3 is 4.90 Å². The zero-order valence-electron chi connectivity index (χ0n) is 14.6. The molecule has 2 aliphatic rings. The number of rotatable bonds is 3. The molecule has 1 spiro atoms. The zero-order valence-corrected chi connectivity index (χ0v) is 14.6. The predicted molar refractivity (Wildman–Crippen MR) is 95.2 cm³/mol. The normalized spacial score (nSPS) is 18.3. The summed E-state index contributed by atoms with van der Waals surface area (Å²) in [4.78, 5) is 15.0. The maximum absolute atomic E-state index is 12.9. The SMILES string of the molecule is Cc1nn(C)cc1CCC(=O)N1CC2(CCCC2)c2ccccc21. The Morgan fingerprint density at radius 2 is 2.00 bits per heavy atom. The molecule has 4 rings (SSSR count). The number of carbonyl (C=O) groups is 1. The van der Waals surface area contributed by atoms with Gasteiger partial charge in [-0.2, -0.15) is 5.10 Å². The lowest BCUT2D eigenvalue weighted by Crippen LogP contribution is -2.35. The first-order chi connectivity index (χ1) is 11.6. The lowest BCUT2D eigenvalue weighted by atomic mass is 9.81. The fourth-order valence-electron chi connectivity index (χ4n) is 4.60. The van der Waals surface area contributed by atoms with Crippen molar-refractivity contribution in [3.8, 4) is 0 Å². The third kappa shape index (κ3) is 2.45. The van der Waals surface area contributed by atoms with E-state index in [9.17, 15) is 4.79 Å². The standard InChI is InChI=1S/C20H25N3O/c1-15-16(13-22(2)21-15)9-10-19(24)23-14-20(11-5-6-12-20)17-7-3-4-8-18(17)23/h3-4,7-8,13H,5-6,9-12,14H2,1-2H3. The van der Waals surface area contributed by atoms with E-state index in [1.165, 1.54) is 36.8 Å². The van der Waals surface area contributed by atoms with Crippen molar-refractivity contribution < 1.29 is 4.79 Å². The van der Waals surface area contributed by atoms with Crippen LogP contribution >= 0.6 is 0 Å². The monoisotopic (exact) mass is 323 g/mol. The molecular formula is C20H25N3O. The fraction of sp³-hybridized carbons (Fsp3) is 0.500. The minimum atomic E-state index is 0.219. The van der Waals surface area contributed by atoms with Crippen LogP contribution in [0.15, 0.2) is 30.5 Å². The number of benzene rings is 1. The Labute approximate surface area is 143 Å². The number of para-hydroxylation sites is 1. The van der Waals surface area contributed by atoms with Crippen molar-refractivity contribution in [1.29, 1.82) is 0 Å². The van der Waals surface area contributed by atoms with E-state index in [1.54, 1.807) is 0 Å². The molecule has 1 amide bonds. The van der Waals surface area contributed by atoms with Gasteiger partial charge in [-0.05, 0) is 43.4 Å². The number of amides is 1. The van der Waals surface area contributed by atoms with Gasteiger partial charge in [0.15, 0.2) is 0 Å². The topological polar surface area (TPSA) is 38.1 Å². The second-order valence-electron chi connectivity index (χ2n) is 7.40. The molecule has 4 heteroatoms. The summed E-state index contributed by atoms with van der Waals surface area (Å²) in [7, 11) is 1.93. The highest BCUT2D eigenvalue weighted by Gasteiger charge is 2.45. The molecule has 2 heterocycles. The zero-order chi connectivity index (χ0) is 16.7. The first-order valence-corrected chi connectivity index (χ1v) is 8.98. The molecule has 1 saturated carbocycles. The highest BCUT2D eigenvalue weighted by molar-refractivity contribution is 5.96. The van der Waals surface area contributed by atoms with Gasteiger partial charge >= 0.3 is 0 Å². The van der Waals surface area contributed by atoms with Crippen LogP contribution < -0.4 is 4.90 Å². The number of nitrogens with zero attached hydrogens (tertiary/aromatic N) is 3. The Kier molecular flexibility index (Phi) is 3.70. The van der Waals surface area contributed by atoms with Crippen LogP contribution in [0.4, 0.5) is 5.69 Å². The Morgan fingerprint density at radius 3 is 2.71 bits per heavy atom. The second-order valence-corrected chi connectivity index (χ2v) is 7.40. The number of anilines is 1. The van der Waals surface area contributed by atoms with E-state index >= 15 is 0 Å². The number of carbonyl (C=O) groups excluding carboxylic acids is 1. The average molecular weight is 323 g/mol. The van der Waals surface area contributed by atoms with E-state index in [2.05, 4.69) is 29.4 Å². The van der Waals surface area contributed by atoms with Crippen molar-refractivity contribution in [1.82, 2.24) is 9.78 Å². The Bertz CT molecular complexity index is 771. The smallest absolute Gasteiger partial charge is 0.227 e. The number of aromatic nitrogens is 2. The largest absolute Gasteiger partial charge is 0.311 e. The first-order valence-electron chi connectivity index (χ1n) is 8.98. The summed E-state index contributed by atoms with van der Waals surface area (Å²) in [6, 6.07) is 8.53. The van der Waals surface area contributed by atoms with Crippen molar-refractivity contribution in [3.05, 3.63) is 47.3 Å². The summed E-state index contributed by atoms with van der Waals surface area (Å²) in [6.07, 6.45) is 8.35. The van der Waals surface area contributed by atoms with Gasteiger partial charge in [-0.3, -0.25) is 9.48 Å². The van der Waals surface area contributed by atoms with E-state index < -0.39 is 0 Å². The average Bonchev–Trinajstić information content (AvgIpc) is 3.26. The molecule has 0 N–H and O–H groups in total. The Morgan fingerprint density at radius 1 is 1.25 bits per heavy atom. The van der Waals surface area contributed by atoms with E-state index in [4.69, 9.17) is 0 Å². The minimum Gasteiger partial charge on any atom is -0.311 e. The summed E-state index contributed by atoms with van der Waals surface area (Å²) in [5.41, 5.74) is 4.96. The summed E-state index contributed by atoms with van der Waals surface area (Å²) in [5.74, 6) is 0.245. The summed E-state index contributed by atoms with van der Waals surface area (Å²) < 4.78 is 1.83. The van der Waals surface area contributed by atoms with Gasteiger partial charge in [0.25, 0.3) is 0 Å². The van der Waals surface area contributed by atoms with E-state index in [0.29, 0.717) is 6.42 Å². The van der Waals surface area contributed by atoms with Crippen LogP contribution in [0.1, 0.15) is 48.9 Å². The molecule has 0 bridgehead atoms. The molecule has 0 unspecified atom stereocenters. The molecule has 2 aromatic rings. The van der Waals surface area contributed by atoms with Crippen molar-refractivity contribution in [2.45, 2.75) is 50.9 Å². The molecule has 1 aromatic carbocycles. The Balaban J connectivity index is 1.54. The maximum atomic E-state index is 12.9. The lowest BCUT2D eigenvalue weighted by Gasteiger charge is -2.24. The number of hydrogen-bond acceptors (Lipinski definition) is 2. The molecular weight excluding hydrogens is 298 g/mol. The Hall–Kier alpha value is -2.10. The van der Waals surface area contributed by atoms with Crippen molar-refractivity contribution >= 4 is 11.6 Å². The quantitative estimate of drug-likeness (QED) is 0.867. The summed E-state index contributed by atoms with van der Waals surface area (Å²) in [6.45, 7) is 2.88. The van der Waals surface area contributed by atoms with E-state index in [0.717, 1.165) is 24.3 Å². The predicted octanol–water partition coefficient (Wildman–Crippen LogP) is 3.52. The van der Waals surface area contributed by atoms with Crippen LogP contribution in [-0.4, -0.2) is 22.2 Å². The highest BCUT2D eigenvalue weighted by Crippen LogP contribution is 2.50. The second kappa shape index (κ2) is 5.76. The maximum Gasteiger partial charge on any atom is 0.227 e. The van der Waals surface area contributed by atoms with Gasteiger partial charge in [-0.1, -0.05) is 31.0 Å². The molecule has 24 heavy (non-hydrogen) atoms. The third-order valence-corrected chi connectivity index (χ3v) is 5.81. The van der Waals surface area contributed by atoms with E-state index in [1.807, 2.05) is 29.7 Å². The van der Waals surface area contributed by atoms with Crippen LogP contribution in [0.3, 0.4) is 0 Å². The van der Waals surface area contributed by atoms with Crippen molar-refractivity contribution in [3.63, 3.8) is 0 Å². The van der Waals surface area contributed by atoms with Crippen LogP contribution in [0.5, 0.6) is 0 Å². The highest BCUT2D eigenvalue weighted by atomic mass is 16.2. The molecule has 1 aliphatic heterocycles. The third-order valence-electron chi connectivity index (χ3n) is 5.81. The number of fused-ring (bicyclic) bond motifs is 2. The molecule has 1 fully saturated rings. The molecule has 1 aromatic heterocycles. The van der Waals surface area contributed by atoms with Gasteiger partial charge in [0.05, 0.1) is 5.69 Å². The molecule has 0 atom stereocenters. The number of aryl methyl sites for hydroxylation is 3. The number of hydrogen-bond donors (Lipinski definition) is 0. The molecule has 0 radical (unpaired) electrons. The van der Waals surface area contributed by atoms with Crippen LogP contribution in [0, 0.1) is 6.92 Å². The van der Waals surface area contributed by atoms with Gasteiger partial charge in [0.1, 0.15) is 0 Å². The minimum absolute atomic E-state index is 0.219. The molecule has 0 saturated heterocycles. The first kappa shape index (κ1) is 15.4. The molecule has 126 valence electrons. The van der Waals surface area contributed by atoms with Gasteiger partial charge in [-0.25, -0.2) is 0 Å². The van der Waals surface area contributed by atoms with E-state index in [-0.39, 0.29) is 11.3 Å². The van der Waals surface area contributed by atoms with Crippen LogP contribution in [0.25, 0.3) is 0 Å². The summed E-state index contributed by atoms with van der Waals surface area (Å²) in [5, 5.41) is 4.37. The van der Waals surface area contributed by atoms with Crippen LogP contribution in [-0.2, 0) is 23.7 Å². The van der Waals surface area contributed by atoms with Gasteiger partial charge in [-0.15, -0.1) is 0 Å². The van der Waals surface area contributed by atoms with Crippen LogP contribution in [0.2, 0.25) is 0 Å². The van der Waals surface area contributed by atoms with Crippen molar-refractivity contribution in [2.75, 3.05) is 11.4 Å². The lowest BCUT2D eigenvalue weighted by molar-refractivity contribution is -0.118. The van der Waals surface area contributed by atoms with Gasteiger partial charge in [0, 0.05) is 37.3 Å². The molecule has 4 nitrogen and oxygen atoms in total. The van der Waals surface area contributed by atoms with Crippen molar-refractivity contribution in [2.24, 2.45) is 7.05 Å². The fourth-order valence-corrected chi connectivity index (χ4v) is 4.60. The molecule has 1 aliphatic carbocycles. The van der Waals surface area contributed by atoms with Gasteiger partial charge in [0.2, 0.25) is 5.91 Å².